The molecular weight excluding hydrogens is 1010 g/mol. The van der Waals surface area contributed by atoms with Gasteiger partial charge >= 0.3 is 12.2 Å². The molecule has 20 heteroatoms. The van der Waals surface area contributed by atoms with E-state index in [-0.39, 0.29) is 99.5 Å². The minimum Gasteiger partial charge on any atom is -0.444 e. The summed E-state index contributed by atoms with van der Waals surface area (Å²) in [6.07, 6.45) is 5.77. The number of ether oxygens (including phenoxy) is 2. The van der Waals surface area contributed by atoms with Gasteiger partial charge in [0.25, 0.3) is 0 Å². The van der Waals surface area contributed by atoms with Gasteiger partial charge in [0.05, 0.1) is 36.6 Å². The molecule has 2 fully saturated rings. The Morgan fingerprint density at radius 1 is 0.539 bits per heavy atom. The molecule has 2 aliphatic rings. The van der Waals surface area contributed by atoms with E-state index in [9.17, 15) is 23.2 Å². The number of ketones is 1. The fraction of sp³-hybridized carbons (Fsp3) is 0.625. The molecule has 4 aromatic rings. The summed E-state index contributed by atoms with van der Waals surface area (Å²) in [6.45, 7) is 38.8. The van der Waals surface area contributed by atoms with Crippen LogP contribution in [0.1, 0.15) is 170 Å². The van der Waals surface area contributed by atoms with Crippen molar-refractivity contribution in [2.45, 2.75) is 178 Å². The van der Waals surface area contributed by atoms with Gasteiger partial charge in [0.15, 0.2) is 5.78 Å². The molecule has 6 rings (SSSR count). The van der Waals surface area contributed by atoms with Crippen molar-refractivity contribution >= 4 is 18.0 Å². The van der Waals surface area contributed by atoms with Gasteiger partial charge < -0.3 is 54.2 Å². The van der Waals surface area contributed by atoms with Crippen LogP contribution in [-0.4, -0.2) is 160 Å². The number of aromatic nitrogens is 4. The third-order valence-corrected chi connectivity index (χ3v) is 9.97. The zero-order chi connectivity index (χ0) is 57.8. The number of amides is 2. The van der Waals surface area contributed by atoms with Crippen LogP contribution in [0.25, 0.3) is 0 Å². The van der Waals surface area contributed by atoms with Crippen molar-refractivity contribution in [2.75, 3.05) is 52.4 Å². The minimum absolute atomic E-state index is 0. The molecule has 2 saturated heterocycles. The first-order chi connectivity index (χ1) is 34.7. The SMILES string of the molecule is CC(=O)c1cncn1[C@H](C)c1ccc(F)cc1.CC(C)(C)OC(=O)N1CCNCC1.CC(C)O.CC(C)O.CC(C)O.CC(C)O.CC(c1cncn1[C@H](C)c1ccc(F)cc1)N1CCN(C(=O)OC(C)(C)C)CC1.[Ti]. The molecule has 0 radical (unpaired) electrons. The predicted molar refractivity (Wildman–Crippen MR) is 293 cm³/mol. The van der Waals surface area contributed by atoms with Gasteiger partial charge in [0.2, 0.25) is 0 Å². The van der Waals surface area contributed by atoms with Crippen molar-refractivity contribution in [3.05, 3.63) is 108 Å². The van der Waals surface area contributed by atoms with Crippen LogP contribution in [0.5, 0.6) is 0 Å². The molecule has 76 heavy (non-hydrogen) atoms. The van der Waals surface area contributed by atoms with Crippen LogP contribution in [0.3, 0.4) is 0 Å². The molecule has 2 aromatic heterocycles. The average Bonchev–Trinajstić information content (AvgIpc) is 4.00. The van der Waals surface area contributed by atoms with Crippen molar-refractivity contribution in [3.8, 4) is 0 Å². The van der Waals surface area contributed by atoms with Crippen molar-refractivity contribution in [2.24, 2.45) is 0 Å². The van der Waals surface area contributed by atoms with Gasteiger partial charge in [-0.15, -0.1) is 0 Å². The summed E-state index contributed by atoms with van der Waals surface area (Å²) in [5.41, 5.74) is 2.76. The van der Waals surface area contributed by atoms with E-state index < -0.39 is 5.60 Å². The number of aliphatic hydroxyl groups is 4. The summed E-state index contributed by atoms with van der Waals surface area (Å²) in [6, 6.07) is 13.0. The number of Topliss-reactive ketones (excluding diaryl/α,β-unsaturated/α-hetero) is 1. The van der Waals surface area contributed by atoms with Gasteiger partial charge in [-0.25, -0.2) is 28.3 Å². The van der Waals surface area contributed by atoms with Crippen LogP contribution in [0, 0.1) is 11.6 Å². The second-order valence-electron chi connectivity index (χ2n) is 21.2. The van der Waals surface area contributed by atoms with Gasteiger partial charge in [0.1, 0.15) is 28.5 Å². The van der Waals surface area contributed by atoms with Crippen molar-refractivity contribution in [1.29, 1.82) is 0 Å². The van der Waals surface area contributed by atoms with E-state index in [1.54, 1.807) is 94.4 Å². The van der Waals surface area contributed by atoms with Gasteiger partial charge in [-0.1, -0.05) is 24.3 Å². The van der Waals surface area contributed by atoms with Crippen molar-refractivity contribution in [3.63, 3.8) is 0 Å². The number of carbonyl (C=O) groups excluding carboxylic acids is 3. The topological polar surface area (TPSA) is 208 Å². The monoisotopic (exact) mass is 1110 g/mol. The number of piperazine rings is 2. The van der Waals surface area contributed by atoms with Crippen molar-refractivity contribution < 1.29 is 74.8 Å². The summed E-state index contributed by atoms with van der Waals surface area (Å²) in [5.74, 6) is -0.530. The number of carbonyl (C=O) groups is 3. The second kappa shape index (κ2) is 37.3. The van der Waals surface area contributed by atoms with Crippen LogP contribution < -0.4 is 5.32 Å². The summed E-state index contributed by atoms with van der Waals surface area (Å²) in [5, 5.41) is 35.4. The Bertz CT molecular complexity index is 2130. The first kappa shape index (κ1) is 73.5. The van der Waals surface area contributed by atoms with Crippen LogP contribution in [0.4, 0.5) is 18.4 Å². The van der Waals surface area contributed by atoms with E-state index in [1.165, 1.54) is 31.2 Å². The summed E-state index contributed by atoms with van der Waals surface area (Å²) in [7, 11) is 0. The number of rotatable bonds is 7. The Morgan fingerprint density at radius 3 is 1.22 bits per heavy atom. The number of hydrogen-bond acceptors (Lipinski definition) is 13. The number of nitrogens with one attached hydrogen (secondary N) is 1. The first-order valence-electron chi connectivity index (χ1n) is 25.8. The van der Waals surface area contributed by atoms with Gasteiger partial charge in [-0.05, 0) is 153 Å². The van der Waals surface area contributed by atoms with Gasteiger partial charge in [-0.3, -0.25) is 9.69 Å². The Balaban J connectivity index is 0. The molecule has 2 amide bonds. The molecular formula is C56H94F2N8O9Ti. The van der Waals surface area contributed by atoms with Gasteiger partial charge in [0, 0.05) is 118 Å². The summed E-state index contributed by atoms with van der Waals surface area (Å²) in [4.78, 5) is 49.4. The van der Waals surface area contributed by atoms with Crippen LogP contribution in [0.2, 0.25) is 0 Å². The Kier molecular flexibility index (Phi) is 36.0. The van der Waals surface area contributed by atoms with E-state index >= 15 is 0 Å². The molecule has 0 saturated carbocycles. The van der Waals surface area contributed by atoms with Crippen LogP contribution >= 0.6 is 0 Å². The van der Waals surface area contributed by atoms with E-state index in [4.69, 9.17) is 29.9 Å². The van der Waals surface area contributed by atoms with Crippen molar-refractivity contribution in [1.82, 2.24) is 39.1 Å². The zero-order valence-corrected chi connectivity index (χ0v) is 50.4. The number of aliphatic hydroxyl groups excluding tert-OH is 4. The summed E-state index contributed by atoms with van der Waals surface area (Å²) < 4.78 is 40.7. The fourth-order valence-corrected chi connectivity index (χ4v) is 6.63. The van der Waals surface area contributed by atoms with Gasteiger partial charge in [-0.2, -0.15) is 0 Å². The van der Waals surface area contributed by atoms with E-state index in [1.807, 2.05) is 73.1 Å². The van der Waals surface area contributed by atoms with E-state index in [0.29, 0.717) is 18.8 Å². The third-order valence-electron chi connectivity index (χ3n) is 9.97. The Morgan fingerprint density at radius 2 is 0.868 bits per heavy atom. The third kappa shape index (κ3) is 32.9. The number of nitrogens with zero attached hydrogens (tertiary/aromatic N) is 7. The number of halogens is 2. The molecule has 430 valence electrons. The maximum absolute atomic E-state index is 13.3. The first-order valence-corrected chi connectivity index (χ1v) is 25.8. The predicted octanol–water partition coefficient (Wildman–Crippen LogP) is 9.45. The molecule has 2 aliphatic heterocycles. The molecule has 4 heterocycles. The van der Waals surface area contributed by atoms with Crippen LogP contribution in [0.15, 0.2) is 73.6 Å². The largest absolute Gasteiger partial charge is 0.444 e. The standard InChI is InChI=1S/C22H31FN4O2.C13H13FN2O.C9H18N2O2.4C3H8O.Ti/c1-16(18-6-8-19(23)9-7-18)27-15-24-14-20(27)17(2)25-10-12-26(13-11-25)21(28)29-22(3,4)5;1-9(11-3-5-12(14)6-4-11)16-8-15-7-13(16)10(2)17;1-9(2,3)13-8(12)11-6-4-10-5-7-11;4*1-3(2)4;/h6-9,14-17H,10-13H2,1-5H3;3-9H,1-2H3;10H,4-7H2,1-3H3;4*3-4H,1-2H3;/t16-,17?;9-;;;;;;/m11....../s1. The smallest absolute Gasteiger partial charge is 0.410 e. The van der Waals surface area contributed by atoms with E-state index in [2.05, 4.69) is 38.6 Å². The molecule has 5 N–H and O–H groups in total. The summed E-state index contributed by atoms with van der Waals surface area (Å²) >= 11 is 0. The van der Waals surface area contributed by atoms with Crippen LogP contribution in [-0.2, 0) is 31.2 Å². The molecule has 0 spiro atoms. The fourth-order valence-electron chi connectivity index (χ4n) is 6.63. The Labute approximate surface area is 468 Å². The minimum atomic E-state index is -0.482. The maximum atomic E-state index is 13.3. The average molecular weight is 1110 g/mol. The maximum Gasteiger partial charge on any atom is 0.410 e. The number of hydrogen-bond donors (Lipinski definition) is 5. The van der Waals surface area contributed by atoms with E-state index in [0.717, 1.165) is 56.1 Å². The molecule has 1 unspecified atom stereocenters. The number of benzene rings is 2. The number of imidazole rings is 2. The second-order valence-corrected chi connectivity index (χ2v) is 21.2. The molecule has 0 aliphatic carbocycles. The molecule has 17 nitrogen and oxygen atoms in total. The molecule has 2 aromatic carbocycles. The Hall–Kier alpha value is -4.60. The molecule has 3 atom stereocenters. The normalized spacial score (nSPS) is 14.6. The molecule has 0 bridgehead atoms. The zero-order valence-electron chi connectivity index (χ0n) is 48.8. The quantitative estimate of drug-likeness (QED) is 0.0865.